The SMILES string of the molecule is O=C(O)N1CCCC(NS(=O)(=O)c2ccc(OC(F)(F)F)cc2)C1. The summed E-state index contributed by atoms with van der Waals surface area (Å²) < 4.78 is 66.8. The number of alkyl halides is 3. The lowest BCUT2D eigenvalue weighted by molar-refractivity contribution is -0.274. The van der Waals surface area contributed by atoms with Gasteiger partial charge in [-0.2, -0.15) is 0 Å². The molecule has 0 bridgehead atoms. The van der Waals surface area contributed by atoms with E-state index in [2.05, 4.69) is 9.46 Å². The fraction of sp³-hybridized carbons (Fsp3) is 0.462. The zero-order valence-electron chi connectivity index (χ0n) is 12.3. The first-order chi connectivity index (χ1) is 11.1. The third kappa shape index (κ3) is 4.99. The van der Waals surface area contributed by atoms with Crippen LogP contribution in [0.3, 0.4) is 0 Å². The molecule has 1 aromatic carbocycles. The Morgan fingerprint density at radius 2 is 1.92 bits per heavy atom. The van der Waals surface area contributed by atoms with Crippen molar-refractivity contribution in [3.05, 3.63) is 24.3 Å². The van der Waals surface area contributed by atoms with Gasteiger partial charge in [-0.3, -0.25) is 0 Å². The Hall–Kier alpha value is -2.01. The molecule has 0 aliphatic carbocycles. The molecule has 1 heterocycles. The summed E-state index contributed by atoms with van der Waals surface area (Å²) in [5.41, 5.74) is 0. The van der Waals surface area contributed by atoms with Crippen LogP contribution in [0.1, 0.15) is 12.8 Å². The smallest absolute Gasteiger partial charge is 0.465 e. The summed E-state index contributed by atoms with van der Waals surface area (Å²) >= 11 is 0. The highest BCUT2D eigenvalue weighted by Gasteiger charge is 2.31. The average Bonchev–Trinajstić information content (AvgIpc) is 2.46. The van der Waals surface area contributed by atoms with Crippen molar-refractivity contribution in [2.45, 2.75) is 30.1 Å². The molecule has 1 aromatic rings. The van der Waals surface area contributed by atoms with Gasteiger partial charge >= 0.3 is 12.5 Å². The quantitative estimate of drug-likeness (QED) is 0.848. The Balaban J connectivity index is 2.06. The van der Waals surface area contributed by atoms with E-state index in [0.29, 0.717) is 19.4 Å². The Labute approximate surface area is 136 Å². The number of nitrogens with zero attached hydrogens (tertiary/aromatic N) is 1. The van der Waals surface area contributed by atoms with Crippen molar-refractivity contribution in [2.75, 3.05) is 13.1 Å². The standard InChI is InChI=1S/C13H15F3N2O5S/c14-13(15,16)23-10-3-5-11(6-4-10)24(21,22)17-9-2-1-7-18(8-9)12(19)20/h3-6,9,17H,1-2,7-8H2,(H,19,20). The van der Waals surface area contributed by atoms with E-state index in [9.17, 15) is 26.4 Å². The van der Waals surface area contributed by atoms with Crippen molar-refractivity contribution in [1.82, 2.24) is 9.62 Å². The molecule has 0 saturated carbocycles. The van der Waals surface area contributed by atoms with Crippen molar-refractivity contribution in [2.24, 2.45) is 0 Å². The first-order valence-electron chi connectivity index (χ1n) is 6.93. The lowest BCUT2D eigenvalue weighted by Crippen LogP contribution is -2.49. The Kier molecular flexibility index (Phi) is 5.23. The topological polar surface area (TPSA) is 95.9 Å². The van der Waals surface area contributed by atoms with Gasteiger partial charge in [0.2, 0.25) is 10.0 Å². The molecule has 1 amide bonds. The third-order valence-electron chi connectivity index (χ3n) is 3.38. The van der Waals surface area contributed by atoms with Crippen molar-refractivity contribution in [1.29, 1.82) is 0 Å². The van der Waals surface area contributed by atoms with Crippen molar-refractivity contribution in [3.8, 4) is 5.75 Å². The van der Waals surface area contributed by atoms with E-state index in [4.69, 9.17) is 5.11 Å². The molecule has 7 nitrogen and oxygen atoms in total. The molecule has 134 valence electrons. The fourth-order valence-electron chi connectivity index (χ4n) is 2.36. The largest absolute Gasteiger partial charge is 0.573 e. The van der Waals surface area contributed by atoms with Gasteiger partial charge in [0.05, 0.1) is 4.90 Å². The maximum Gasteiger partial charge on any atom is 0.573 e. The van der Waals surface area contributed by atoms with Gasteiger partial charge < -0.3 is 14.7 Å². The Morgan fingerprint density at radius 3 is 2.46 bits per heavy atom. The summed E-state index contributed by atoms with van der Waals surface area (Å²) in [5.74, 6) is -0.531. The number of halogens is 3. The van der Waals surface area contributed by atoms with Gasteiger partial charge in [0.1, 0.15) is 5.75 Å². The lowest BCUT2D eigenvalue weighted by atomic mass is 10.1. The van der Waals surface area contributed by atoms with Crippen LogP contribution in [0.2, 0.25) is 0 Å². The number of sulfonamides is 1. The number of likely N-dealkylation sites (tertiary alicyclic amines) is 1. The summed E-state index contributed by atoms with van der Waals surface area (Å²) in [5, 5.41) is 8.94. The Morgan fingerprint density at radius 1 is 1.29 bits per heavy atom. The molecule has 2 rings (SSSR count). The summed E-state index contributed by atoms with van der Waals surface area (Å²) in [6.07, 6.45) is -5.01. The third-order valence-corrected chi connectivity index (χ3v) is 4.92. The predicted molar refractivity (Wildman–Crippen MR) is 76.1 cm³/mol. The first kappa shape index (κ1) is 18.3. The number of carboxylic acid groups (broad SMARTS) is 1. The molecule has 11 heteroatoms. The molecule has 0 aromatic heterocycles. The second kappa shape index (κ2) is 6.85. The lowest BCUT2D eigenvalue weighted by Gasteiger charge is -2.30. The second-order valence-corrected chi connectivity index (χ2v) is 6.92. The number of ether oxygens (including phenoxy) is 1. The molecule has 1 aliphatic rings. The van der Waals surface area contributed by atoms with Crippen LogP contribution in [0.15, 0.2) is 29.2 Å². The van der Waals surface area contributed by atoms with Crippen LogP contribution in [0.5, 0.6) is 5.75 Å². The maximum atomic E-state index is 12.2. The van der Waals surface area contributed by atoms with Gasteiger partial charge in [-0.25, -0.2) is 17.9 Å². The van der Waals surface area contributed by atoms with Crippen molar-refractivity contribution >= 4 is 16.1 Å². The number of hydrogen-bond acceptors (Lipinski definition) is 4. The van der Waals surface area contributed by atoms with E-state index in [1.54, 1.807) is 0 Å². The highest BCUT2D eigenvalue weighted by molar-refractivity contribution is 7.89. The maximum absolute atomic E-state index is 12.2. The van der Waals surface area contributed by atoms with E-state index >= 15 is 0 Å². The van der Waals surface area contributed by atoms with Crippen LogP contribution in [0.4, 0.5) is 18.0 Å². The molecule has 24 heavy (non-hydrogen) atoms. The van der Waals surface area contributed by atoms with Gasteiger partial charge in [-0.15, -0.1) is 13.2 Å². The van der Waals surface area contributed by atoms with Gasteiger partial charge in [0.15, 0.2) is 0 Å². The van der Waals surface area contributed by atoms with Gasteiger partial charge in [0, 0.05) is 19.1 Å². The van der Waals surface area contributed by atoms with E-state index in [1.807, 2.05) is 0 Å². The summed E-state index contributed by atoms with van der Waals surface area (Å²) in [6, 6.07) is 3.17. The minimum atomic E-state index is -4.86. The van der Waals surface area contributed by atoms with Crippen molar-refractivity contribution in [3.63, 3.8) is 0 Å². The predicted octanol–water partition coefficient (Wildman–Crippen LogP) is 2.01. The Bertz CT molecular complexity index is 691. The minimum Gasteiger partial charge on any atom is -0.465 e. The van der Waals surface area contributed by atoms with Crippen LogP contribution in [0, 0.1) is 0 Å². The summed E-state index contributed by atoms with van der Waals surface area (Å²) in [7, 11) is -3.98. The molecule has 1 atom stereocenters. The molecular weight excluding hydrogens is 353 g/mol. The van der Waals surface area contributed by atoms with Crippen LogP contribution in [-0.4, -0.2) is 50.0 Å². The van der Waals surface area contributed by atoms with E-state index < -0.39 is 34.3 Å². The normalized spacial score (nSPS) is 19.1. The van der Waals surface area contributed by atoms with Crippen LogP contribution >= 0.6 is 0 Å². The van der Waals surface area contributed by atoms with Gasteiger partial charge in [-0.05, 0) is 37.1 Å². The molecular formula is C13H15F3N2O5S. The molecule has 0 spiro atoms. The molecule has 1 aliphatic heterocycles. The first-order valence-corrected chi connectivity index (χ1v) is 8.41. The monoisotopic (exact) mass is 368 g/mol. The number of carbonyl (C=O) groups is 1. The molecule has 1 unspecified atom stereocenters. The fourth-order valence-corrected chi connectivity index (χ4v) is 3.62. The highest BCUT2D eigenvalue weighted by atomic mass is 32.2. The van der Waals surface area contributed by atoms with Crippen LogP contribution in [0.25, 0.3) is 0 Å². The summed E-state index contributed by atoms with van der Waals surface area (Å²) in [6.45, 7) is 0.348. The van der Waals surface area contributed by atoms with Gasteiger partial charge in [0.25, 0.3) is 0 Å². The average molecular weight is 368 g/mol. The van der Waals surface area contributed by atoms with E-state index in [0.717, 1.165) is 29.2 Å². The number of piperidine rings is 1. The molecule has 1 saturated heterocycles. The van der Waals surface area contributed by atoms with E-state index in [1.165, 1.54) is 0 Å². The van der Waals surface area contributed by atoms with Gasteiger partial charge in [-0.1, -0.05) is 0 Å². The molecule has 0 radical (unpaired) electrons. The number of benzene rings is 1. The van der Waals surface area contributed by atoms with Crippen LogP contribution in [-0.2, 0) is 10.0 Å². The number of amides is 1. The zero-order chi connectivity index (χ0) is 18.0. The number of rotatable bonds is 4. The van der Waals surface area contributed by atoms with E-state index in [-0.39, 0.29) is 11.4 Å². The molecule has 2 N–H and O–H groups in total. The molecule has 1 fully saturated rings. The summed E-state index contributed by atoms with van der Waals surface area (Å²) in [4.78, 5) is 11.8. The number of nitrogens with one attached hydrogen (secondary N) is 1. The minimum absolute atomic E-state index is 0.0177. The second-order valence-electron chi connectivity index (χ2n) is 5.21. The number of hydrogen-bond donors (Lipinski definition) is 2. The zero-order valence-corrected chi connectivity index (χ0v) is 13.1. The highest BCUT2D eigenvalue weighted by Crippen LogP contribution is 2.24. The van der Waals surface area contributed by atoms with Crippen LogP contribution < -0.4 is 9.46 Å². The van der Waals surface area contributed by atoms with Crippen molar-refractivity contribution < 1.29 is 36.2 Å².